The molecule has 0 aromatic carbocycles. The molecule has 0 N–H and O–H groups in total. The second-order valence-corrected chi connectivity index (χ2v) is 13.0. The highest BCUT2D eigenvalue weighted by Crippen LogP contribution is 2.39. The fourth-order valence-electron chi connectivity index (χ4n) is 1.51. The van der Waals surface area contributed by atoms with E-state index in [0.29, 0.717) is 0 Å². The molecule has 1 saturated heterocycles. The summed E-state index contributed by atoms with van der Waals surface area (Å²) in [5.41, 5.74) is 2.98. The van der Waals surface area contributed by atoms with Gasteiger partial charge in [-0.15, -0.1) is 0 Å². The fraction of sp³-hybridized carbons (Fsp3) is 1.00. The lowest BCUT2D eigenvalue weighted by atomic mass is 10.9. The Morgan fingerprint density at radius 3 is 1.89 bits per heavy atom. The highest BCUT2D eigenvalue weighted by Gasteiger charge is 2.43. The van der Waals surface area contributed by atoms with Gasteiger partial charge in [-0.3, -0.25) is 0 Å². The van der Waals surface area contributed by atoms with E-state index in [1.54, 1.807) is 0 Å². The Bertz CT molecular complexity index is 93.2. The lowest BCUT2D eigenvalue weighted by Gasteiger charge is -2.41. The number of rotatable bonds is 2. The van der Waals surface area contributed by atoms with Crippen LogP contribution in [-0.2, 0) is 0 Å². The Labute approximate surface area is 64.9 Å². The Kier molecular flexibility index (Phi) is 2.40. The second kappa shape index (κ2) is 2.76. The van der Waals surface area contributed by atoms with Crippen LogP contribution in [0.4, 0.5) is 0 Å². The predicted octanol–water partition coefficient (Wildman–Crippen LogP) is 2.80. The zero-order chi connectivity index (χ0) is 6.91. The number of halogens is 1. The van der Waals surface area contributed by atoms with Crippen molar-refractivity contribution in [1.29, 1.82) is 0 Å². The van der Waals surface area contributed by atoms with Crippen LogP contribution in [0.3, 0.4) is 0 Å². The summed E-state index contributed by atoms with van der Waals surface area (Å²) in [7, 11) is -0.930. The maximum atomic E-state index is 6.03. The van der Waals surface area contributed by atoms with Crippen molar-refractivity contribution >= 4 is 27.3 Å². The first-order valence-electron chi connectivity index (χ1n) is 3.72. The molecule has 1 aliphatic rings. The van der Waals surface area contributed by atoms with Gasteiger partial charge >= 0.3 is 0 Å². The molecule has 9 heavy (non-hydrogen) atoms. The van der Waals surface area contributed by atoms with Crippen molar-refractivity contribution in [2.45, 2.75) is 37.3 Å². The van der Waals surface area contributed by atoms with E-state index in [2.05, 4.69) is 13.8 Å². The van der Waals surface area contributed by atoms with Crippen LogP contribution in [0.25, 0.3) is 0 Å². The van der Waals surface area contributed by atoms with E-state index in [4.69, 9.17) is 11.1 Å². The number of hydrogen-bond acceptors (Lipinski definition) is 0. The van der Waals surface area contributed by atoms with Crippen LogP contribution in [0.5, 0.6) is 0 Å². The molecule has 0 saturated carbocycles. The van der Waals surface area contributed by atoms with Gasteiger partial charge < -0.3 is 0 Å². The Hall–Kier alpha value is 0.724. The molecule has 0 atom stereocenters. The molecule has 53 valence electrons. The third-order valence-electron chi connectivity index (χ3n) is 2.63. The summed E-state index contributed by atoms with van der Waals surface area (Å²) in [4.78, 5) is 0. The van der Waals surface area contributed by atoms with E-state index in [1.165, 1.54) is 23.4 Å². The minimum atomic E-state index is -0.640. The molecule has 3 heteroatoms. The highest BCUT2D eigenvalue weighted by molar-refractivity contribution is 7.24. The average molecular weight is 178 g/mol. The van der Waals surface area contributed by atoms with Crippen molar-refractivity contribution in [3.63, 3.8) is 0 Å². The van der Waals surface area contributed by atoms with Gasteiger partial charge in [-0.05, 0) is 11.3 Å². The van der Waals surface area contributed by atoms with Crippen molar-refractivity contribution in [1.82, 2.24) is 0 Å². The topological polar surface area (TPSA) is 0 Å². The monoisotopic (exact) mass is 177 g/mol. The van der Waals surface area contributed by atoms with Gasteiger partial charge in [0.05, 0.1) is 0 Å². The first-order chi connectivity index (χ1) is 4.22. The molecule has 0 nitrogen and oxygen atoms in total. The standard InChI is InChI=1S/C6H14ClSi2/c1-3-9(4-2)5-8(7)6-9/h3-6H2,1-2H3. The molecule has 0 aliphatic carbocycles. The average Bonchev–Trinajstić information content (AvgIpc) is 1.81. The SMILES string of the molecule is CC[Si]1(CC)C[Si](Cl)C1. The molecule has 0 bridgehead atoms. The Morgan fingerprint density at radius 2 is 1.78 bits per heavy atom. The minimum absolute atomic E-state index is 0.289. The molecule has 1 radical (unpaired) electrons. The van der Waals surface area contributed by atoms with Gasteiger partial charge in [0.1, 0.15) is 0 Å². The van der Waals surface area contributed by atoms with Crippen LogP contribution >= 0.6 is 11.1 Å². The zero-order valence-electron chi connectivity index (χ0n) is 6.21. The minimum Gasteiger partial charge on any atom is -0.170 e. The van der Waals surface area contributed by atoms with Crippen molar-refractivity contribution in [2.24, 2.45) is 0 Å². The molecule has 0 aromatic rings. The second-order valence-electron chi connectivity index (χ2n) is 3.08. The molecule has 1 heterocycles. The molecule has 1 aliphatic heterocycles. The van der Waals surface area contributed by atoms with Crippen LogP contribution < -0.4 is 0 Å². The smallest absolute Gasteiger partial charge is 0.159 e. The van der Waals surface area contributed by atoms with Crippen molar-refractivity contribution in [3.8, 4) is 0 Å². The molecule has 0 unspecified atom stereocenters. The molecule has 1 rings (SSSR count). The van der Waals surface area contributed by atoms with E-state index in [1.807, 2.05) is 0 Å². The maximum Gasteiger partial charge on any atom is 0.159 e. The van der Waals surface area contributed by atoms with Crippen LogP contribution in [0, 0.1) is 0 Å². The Morgan fingerprint density at radius 1 is 1.33 bits per heavy atom. The summed E-state index contributed by atoms with van der Waals surface area (Å²) in [6.45, 7) is 4.70. The largest absolute Gasteiger partial charge is 0.170 e. The molecule has 1 fully saturated rings. The van der Waals surface area contributed by atoms with Crippen molar-refractivity contribution in [2.75, 3.05) is 0 Å². The zero-order valence-corrected chi connectivity index (χ0v) is 8.96. The summed E-state index contributed by atoms with van der Waals surface area (Å²) in [5.74, 6) is 0. The maximum absolute atomic E-state index is 6.03. The molecular formula is C6H14ClSi2. The van der Waals surface area contributed by atoms with Gasteiger partial charge in [-0.1, -0.05) is 25.9 Å². The predicted molar refractivity (Wildman–Crippen MR) is 47.9 cm³/mol. The summed E-state index contributed by atoms with van der Waals surface area (Å²) in [6.07, 6.45) is 0. The summed E-state index contributed by atoms with van der Waals surface area (Å²) < 4.78 is 0. The van der Waals surface area contributed by atoms with Crippen LogP contribution in [-0.4, -0.2) is 16.2 Å². The Balaban J connectivity index is 2.36. The lowest BCUT2D eigenvalue weighted by Crippen LogP contribution is -2.49. The van der Waals surface area contributed by atoms with Gasteiger partial charge in [0.2, 0.25) is 0 Å². The van der Waals surface area contributed by atoms with Crippen LogP contribution in [0.2, 0.25) is 23.4 Å². The van der Waals surface area contributed by atoms with E-state index in [0.717, 1.165) is 0 Å². The van der Waals surface area contributed by atoms with E-state index < -0.39 is 8.07 Å². The van der Waals surface area contributed by atoms with Crippen molar-refractivity contribution < 1.29 is 0 Å². The summed E-state index contributed by atoms with van der Waals surface area (Å²) in [6, 6.07) is 2.95. The molecular weight excluding hydrogens is 164 g/mol. The molecule has 0 amide bonds. The van der Waals surface area contributed by atoms with Crippen molar-refractivity contribution in [3.05, 3.63) is 0 Å². The summed E-state index contributed by atoms with van der Waals surface area (Å²) >= 11 is 6.03. The van der Waals surface area contributed by atoms with E-state index in [9.17, 15) is 0 Å². The summed E-state index contributed by atoms with van der Waals surface area (Å²) in [5, 5.41) is 0. The quantitative estimate of drug-likeness (QED) is 0.450. The van der Waals surface area contributed by atoms with Gasteiger partial charge in [0, 0.05) is 8.07 Å². The van der Waals surface area contributed by atoms with Crippen LogP contribution in [0.1, 0.15) is 13.8 Å². The van der Waals surface area contributed by atoms with Gasteiger partial charge in [0.25, 0.3) is 0 Å². The van der Waals surface area contributed by atoms with Gasteiger partial charge in [0.15, 0.2) is 8.11 Å². The van der Waals surface area contributed by atoms with Gasteiger partial charge in [-0.2, -0.15) is 11.1 Å². The third kappa shape index (κ3) is 1.41. The fourth-order valence-corrected chi connectivity index (χ4v) is 17.2. The lowest BCUT2D eigenvalue weighted by molar-refractivity contribution is 1.19. The highest BCUT2D eigenvalue weighted by atomic mass is 35.6. The van der Waals surface area contributed by atoms with Gasteiger partial charge in [-0.25, -0.2) is 0 Å². The van der Waals surface area contributed by atoms with E-state index >= 15 is 0 Å². The number of hydrogen-bond donors (Lipinski definition) is 0. The first-order valence-corrected chi connectivity index (χ1v) is 9.48. The van der Waals surface area contributed by atoms with Crippen LogP contribution in [0.15, 0.2) is 0 Å². The third-order valence-corrected chi connectivity index (χ3v) is 17.1. The molecule has 0 aromatic heterocycles. The molecule has 0 spiro atoms. The first kappa shape index (κ1) is 7.83. The normalized spacial score (nSPS) is 25.7. The van der Waals surface area contributed by atoms with E-state index in [-0.39, 0.29) is 8.11 Å².